The highest BCUT2D eigenvalue weighted by Gasteiger charge is 2.20. The number of nitrogens with zero attached hydrogens (tertiary/aromatic N) is 2. The lowest BCUT2D eigenvalue weighted by molar-refractivity contribution is 0.314. The maximum Gasteiger partial charge on any atom is 0.337 e. The first-order chi connectivity index (χ1) is 8.92. The van der Waals surface area contributed by atoms with Crippen LogP contribution in [0.2, 0.25) is 0 Å². The number of aryl methyl sites for hydroxylation is 1. The molecule has 0 aromatic carbocycles. The summed E-state index contributed by atoms with van der Waals surface area (Å²) in [6, 6.07) is 1.68. The van der Waals surface area contributed by atoms with Gasteiger partial charge in [-0.15, -0.1) is 16.4 Å². The minimum atomic E-state index is -3.67. The summed E-state index contributed by atoms with van der Waals surface area (Å²) in [4.78, 5) is 3.85. The van der Waals surface area contributed by atoms with E-state index in [1.807, 2.05) is 6.92 Å². The largest absolute Gasteiger partial charge is 0.463 e. The molecule has 0 radical (unpaired) electrons. The molecule has 0 fully saturated rings. The summed E-state index contributed by atoms with van der Waals surface area (Å²) in [7, 11) is -3.67. The Morgan fingerprint density at radius 2 is 2.32 bits per heavy atom. The Labute approximate surface area is 122 Å². The molecule has 0 saturated carbocycles. The van der Waals surface area contributed by atoms with Gasteiger partial charge in [-0.1, -0.05) is 0 Å². The number of sulfonamides is 1. The first-order valence-electron chi connectivity index (χ1n) is 5.26. The van der Waals surface area contributed by atoms with Crippen molar-refractivity contribution in [2.24, 2.45) is 0 Å². The van der Waals surface area contributed by atoms with Crippen LogP contribution in [0, 0.1) is 6.92 Å². The Morgan fingerprint density at radius 1 is 1.58 bits per heavy atom. The van der Waals surface area contributed by atoms with E-state index in [-0.39, 0.29) is 16.2 Å². The van der Waals surface area contributed by atoms with E-state index in [0.29, 0.717) is 6.61 Å². The second-order valence-corrected chi connectivity index (χ2v) is 7.81. The number of hydrogen-bond donors (Lipinski definition) is 2. The molecule has 0 amide bonds. The van der Waals surface area contributed by atoms with Crippen LogP contribution in [-0.2, 0) is 10.0 Å². The fourth-order valence-electron chi connectivity index (χ4n) is 1.23. The van der Waals surface area contributed by atoms with Gasteiger partial charge in [-0.25, -0.2) is 18.2 Å². The summed E-state index contributed by atoms with van der Waals surface area (Å²) in [6.45, 7) is 4.01. The Kier molecular flexibility index (Phi) is 4.11. The number of H-pyrrole nitrogens is 1. The average Bonchev–Trinajstić information content (AvgIpc) is 2.88. The van der Waals surface area contributed by atoms with Gasteiger partial charge in [-0.05, 0) is 41.4 Å². The molecule has 0 saturated heterocycles. The van der Waals surface area contributed by atoms with E-state index in [4.69, 9.17) is 4.74 Å². The number of halogens is 1. The van der Waals surface area contributed by atoms with Crippen LogP contribution in [0.1, 0.15) is 12.5 Å². The van der Waals surface area contributed by atoms with Crippen molar-refractivity contribution in [3.63, 3.8) is 0 Å². The SMILES string of the molecule is CCOc1n[nH]c(NS(=O)(=O)c2cc(C)c(Br)s2)n1. The molecule has 0 aliphatic carbocycles. The highest BCUT2D eigenvalue weighted by atomic mass is 79.9. The fraction of sp³-hybridized carbons (Fsp3) is 0.333. The summed E-state index contributed by atoms with van der Waals surface area (Å²) in [5.74, 6) is 0.0191. The van der Waals surface area contributed by atoms with Gasteiger partial charge in [-0.3, -0.25) is 0 Å². The third kappa shape index (κ3) is 3.25. The minimum absolute atomic E-state index is 0.0191. The molecule has 2 N–H and O–H groups in total. The van der Waals surface area contributed by atoms with Crippen LogP contribution in [-0.4, -0.2) is 30.2 Å². The molecule has 0 aliphatic rings. The van der Waals surface area contributed by atoms with Gasteiger partial charge in [0.2, 0.25) is 5.95 Å². The third-order valence-corrected chi connectivity index (χ3v) is 6.02. The van der Waals surface area contributed by atoms with Crippen LogP contribution in [0.5, 0.6) is 6.01 Å². The van der Waals surface area contributed by atoms with Crippen LogP contribution < -0.4 is 9.46 Å². The molecular formula is C9H11BrN4O3S2. The summed E-state index contributed by atoms with van der Waals surface area (Å²) in [5.41, 5.74) is 0.859. The molecule has 0 spiro atoms. The van der Waals surface area contributed by atoms with Crippen LogP contribution in [0.4, 0.5) is 5.95 Å². The lowest BCUT2D eigenvalue weighted by Crippen LogP contribution is -2.12. The summed E-state index contributed by atoms with van der Waals surface area (Å²) >= 11 is 4.42. The van der Waals surface area contributed by atoms with Gasteiger partial charge in [-0.2, -0.15) is 4.98 Å². The number of hydrogen-bond acceptors (Lipinski definition) is 6. The molecule has 2 aromatic heterocycles. The average molecular weight is 367 g/mol. The van der Waals surface area contributed by atoms with Gasteiger partial charge in [0.1, 0.15) is 4.21 Å². The van der Waals surface area contributed by atoms with Crippen molar-refractivity contribution in [2.45, 2.75) is 18.1 Å². The van der Waals surface area contributed by atoms with Gasteiger partial charge < -0.3 is 4.74 Å². The van der Waals surface area contributed by atoms with Crippen molar-refractivity contribution in [3.8, 4) is 6.01 Å². The van der Waals surface area contributed by atoms with E-state index in [1.165, 1.54) is 0 Å². The minimum Gasteiger partial charge on any atom is -0.463 e. The van der Waals surface area contributed by atoms with Gasteiger partial charge in [0.15, 0.2) is 0 Å². The molecule has 104 valence electrons. The van der Waals surface area contributed by atoms with E-state index in [9.17, 15) is 8.42 Å². The molecular weight excluding hydrogens is 356 g/mol. The number of anilines is 1. The lowest BCUT2D eigenvalue weighted by Gasteiger charge is -2.00. The van der Waals surface area contributed by atoms with Crippen molar-refractivity contribution >= 4 is 43.2 Å². The number of ether oxygens (including phenoxy) is 1. The molecule has 7 nitrogen and oxygen atoms in total. The molecule has 0 unspecified atom stereocenters. The number of nitrogens with one attached hydrogen (secondary N) is 2. The van der Waals surface area contributed by atoms with Gasteiger partial charge in [0.25, 0.3) is 10.0 Å². The Balaban J connectivity index is 2.20. The molecule has 0 bridgehead atoms. The van der Waals surface area contributed by atoms with Gasteiger partial charge >= 0.3 is 6.01 Å². The number of rotatable bonds is 5. The summed E-state index contributed by atoms with van der Waals surface area (Å²) in [6.07, 6.45) is 0. The second kappa shape index (κ2) is 5.47. The molecule has 2 aromatic rings. The molecule has 10 heteroatoms. The monoisotopic (exact) mass is 366 g/mol. The van der Waals surface area contributed by atoms with E-state index < -0.39 is 10.0 Å². The zero-order valence-corrected chi connectivity index (χ0v) is 13.3. The molecule has 2 rings (SSSR count). The van der Waals surface area contributed by atoms with E-state index in [0.717, 1.165) is 20.7 Å². The number of aromatic nitrogens is 3. The van der Waals surface area contributed by atoms with Crippen molar-refractivity contribution < 1.29 is 13.2 Å². The highest BCUT2D eigenvalue weighted by molar-refractivity contribution is 9.11. The summed E-state index contributed by atoms with van der Waals surface area (Å²) in [5, 5.41) is 6.17. The first-order valence-corrected chi connectivity index (χ1v) is 8.35. The highest BCUT2D eigenvalue weighted by Crippen LogP contribution is 2.31. The predicted molar refractivity (Wildman–Crippen MR) is 75.1 cm³/mol. The van der Waals surface area contributed by atoms with Crippen molar-refractivity contribution in [1.29, 1.82) is 0 Å². The van der Waals surface area contributed by atoms with Gasteiger partial charge in [0, 0.05) is 0 Å². The second-order valence-electron chi connectivity index (χ2n) is 3.53. The van der Waals surface area contributed by atoms with E-state index >= 15 is 0 Å². The Morgan fingerprint density at radius 3 is 2.89 bits per heavy atom. The van der Waals surface area contributed by atoms with E-state index in [1.54, 1.807) is 13.0 Å². The van der Waals surface area contributed by atoms with Crippen LogP contribution in [0.25, 0.3) is 0 Å². The predicted octanol–water partition coefficient (Wildman–Crippen LogP) is 2.14. The zero-order valence-electron chi connectivity index (χ0n) is 10.1. The number of aromatic amines is 1. The number of thiophene rings is 1. The molecule has 19 heavy (non-hydrogen) atoms. The summed E-state index contributed by atoms with van der Waals surface area (Å²) < 4.78 is 32.5. The van der Waals surface area contributed by atoms with Crippen LogP contribution >= 0.6 is 27.3 Å². The van der Waals surface area contributed by atoms with Gasteiger partial charge in [0.05, 0.1) is 10.4 Å². The van der Waals surface area contributed by atoms with Crippen molar-refractivity contribution in [3.05, 3.63) is 15.4 Å². The topological polar surface area (TPSA) is 97.0 Å². The van der Waals surface area contributed by atoms with Crippen LogP contribution in [0.15, 0.2) is 14.1 Å². The van der Waals surface area contributed by atoms with Crippen molar-refractivity contribution in [1.82, 2.24) is 15.2 Å². The van der Waals surface area contributed by atoms with Crippen molar-refractivity contribution in [2.75, 3.05) is 11.3 Å². The fourth-order valence-corrected chi connectivity index (χ4v) is 4.41. The zero-order chi connectivity index (χ0) is 14.0. The smallest absolute Gasteiger partial charge is 0.337 e. The maximum absolute atomic E-state index is 12.1. The Bertz CT molecular complexity index is 660. The molecule has 0 aliphatic heterocycles. The Hall–Kier alpha value is -1.13. The van der Waals surface area contributed by atoms with E-state index in [2.05, 4.69) is 35.8 Å². The molecule has 2 heterocycles. The standard InChI is InChI=1S/C9H11BrN4O3S2/c1-3-17-9-11-8(12-13-9)14-19(15,16)6-4-5(2)7(10)18-6/h4H,3H2,1-2H3,(H2,11,12,13,14). The lowest BCUT2D eigenvalue weighted by atomic mass is 10.4. The quantitative estimate of drug-likeness (QED) is 0.844. The van der Waals surface area contributed by atoms with Crippen LogP contribution in [0.3, 0.4) is 0 Å². The normalized spacial score (nSPS) is 11.5. The third-order valence-electron chi connectivity index (χ3n) is 2.07. The first kappa shape index (κ1) is 14.3. The maximum atomic E-state index is 12.1. The molecule has 0 atom stereocenters.